The van der Waals surface area contributed by atoms with E-state index in [2.05, 4.69) is 0 Å². The standard InChI is InChI=1S/C11H6Cl2N2/c12-11(13)10(9(6-14)7-15)8-4-2-1-3-5-8/h1-5,11H. The molecule has 0 atom stereocenters. The van der Waals surface area contributed by atoms with Gasteiger partial charge in [-0.1, -0.05) is 53.5 Å². The number of hydrogen-bond acceptors (Lipinski definition) is 2. The van der Waals surface area contributed by atoms with Crippen LogP contribution in [0.5, 0.6) is 0 Å². The van der Waals surface area contributed by atoms with Crippen LogP contribution in [0.25, 0.3) is 5.57 Å². The van der Waals surface area contributed by atoms with E-state index in [4.69, 9.17) is 33.7 Å². The van der Waals surface area contributed by atoms with Gasteiger partial charge in [-0.15, -0.1) is 0 Å². The average Bonchev–Trinajstić information content (AvgIpc) is 2.26. The van der Waals surface area contributed by atoms with Gasteiger partial charge >= 0.3 is 0 Å². The van der Waals surface area contributed by atoms with Gasteiger partial charge in [0.2, 0.25) is 0 Å². The van der Waals surface area contributed by atoms with E-state index in [1.807, 2.05) is 6.07 Å². The number of allylic oxidation sites excluding steroid dienone is 2. The van der Waals surface area contributed by atoms with Gasteiger partial charge in [0, 0.05) is 5.57 Å². The number of nitrogens with zero attached hydrogens (tertiary/aromatic N) is 2. The number of halogens is 2. The summed E-state index contributed by atoms with van der Waals surface area (Å²) >= 11 is 11.5. The van der Waals surface area contributed by atoms with E-state index in [0.29, 0.717) is 11.1 Å². The van der Waals surface area contributed by atoms with Crippen LogP contribution in [0.2, 0.25) is 0 Å². The Hall–Kier alpha value is -1.48. The van der Waals surface area contributed by atoms with Crippen molar-refractivity contribution >= 4 is 28.8 Å². The quantitative estimate of drug-likeness (QED) is 0.585. The molecule has 4 heteroatoms. The molecule has 0 amide bonds. The molecule has 1 rings (SSSR count). The second-order valence-electron chi connectivity index (χ2n) is 2.68. The van der Waals surface area contributed by atoms with E-state index in [1.54, 1.807) is 36.4 Å². The molecule has 0 heterocycles. The SMILES string of the molecule is N#CC(C#N)=C(c1ccccc1)C(Cl)Cl. The van der Waals surface area contributed by atoms with Crippen molar-refractivity contribution in [2.24, 2.45) is 0 Å². The van der Waals surface area contributed by atoms with Crippen molar-refractivity contribution in [3.63, 3.8) is 0 Å². The van der Waals surface area contributed by atoms with Crippen LogP contribution in [0.3, 0.4) is 0 Å². The van der Waals surface area contributed by atoms with Crippen molar-refractivity contribution in [1.29, 1.82) is 10.5 Å². The molecule has 0 saturated heterocycles. The second kappa shape index (κ2) is 5.41. The van der Waals surface area contributed by atoms with Crippen molar-refractivity contribution in [1.82, 2.24) is 0 Å². The van der Waals surface area contributed by atoms with Gasteiger partial charge in [-0.25, -0.2) is 0 Å². The van der Waals surface area contributed by atoms with Crippen LogP contribution in [0.1, 0.15) is 5.56 Å². The summed E-state index contributed by atoms with van der Waals surface area (Å²) in [4.78, 5) is -0.887. The molecule has 0 saturated carbocycles. The molecule has 74 valence electrons. The Labute approximate surface area is 98.0 Å². The highest BCUT2D eigenvalue weighted by Crippen LogP contribution is 2.28. The van der Waals surface area contributed by atoms with E-state index in [1.165, 1.54) is 0 Å². The number of alkyl halides is 2. The molecule has 0 aliphatic carbocycles. The maximum Gasteiger partial charge on any atom is 0.136 e. The first-order chi connectivity index (χ1) is 7.20. The summed E-state index contributed by atoms with van der Waals surface area (Å²) in [6.45, 7) is 0. The van der Waals surface area contributed by atoms with Gasteiger partial charge in [0.1, 0.15) is 22.5 Å². The summed E-state index contributed by atoms with van der Waals surface area (Å²) in [5, 5.41) is 17.5. The van der Waals surface area contributed by atoms with E-state index < -0.39 is 4.84 Å². The molecule has 0 N–H and O–H groups in total. The fourth-order valence-electron chi connectivity index (χ4n) is 1.14. The van der Waals surface area contributed by atoms with Gasteiger partial charge in [0.25, 0.3) is 0 Å². The lowest BCUT2D eigenvalue weighted by molar-refractivity contribution is 1.43. The fraction of sp³-hybridized carbons (Fsp3) is 0.0909. The summed E-state index contributed by atoms with van der Waals surface area (Å²) in [7, 11) is 0. The lowest BCUT2D eigenvalue weighted by Crippen LogP contribution is -1.97. The summed E-state index contributed by atoms with van der Waals surface area (Å²) in [6, 6.07) is 12.5. The van der Waals surface area contributed by atoms with Gasteiger partial charge < -0.3 is 0 Å². The topological polar surface area (TPSA) is 47.6 Å². The van der Waals surface area contributed by atoms with Crippen molar-refractivity contribution < 1.29 is 0 Å². The van der Waals surface area contributed by atoms with Gasteiger partial charge in [0.15, 0.2) is 0 Å². The van der Waals surface area contributed by atoms with E-state index in [0.717, 1.165) is 0 Å². The third-order valence-corrected chi connectivity index (χ3v) is 2.23. The predicted molar refractivity (Wildman–Crippen MR) is 60.1 cm³/mol. The second-order valence-corrected chi connectivity index (χ2v) is 3.78. The molecule has 0 aliphatic heterocycles. The number of rotatable bonds is 2. The summed E-state index contributed by atoms with van der Waals surface area (Å²) in [6.07, 6.45) is 0. The highest BCUT2D eigenvalue weighted by molar-refractivity contribution is 6.50. The number of benzene rings is 1. The zero-order valence-electron chi connectivity index (χ0n) is 7.61. The fourth-order valence-corrected chi connectivity index (χ4v) is 1.61. The van der Waals surface area contributed by atoms with Crippen LogP contribution in [0.15, 0.2) is 35.9 Å². The molecule has 0 radical (unpaired) electrons. The first-order valence-corrected chi connectivity index (χ1v) is 4.96. The number of hydrogen-bond donors (Lipinski definition) is 0. The molecule has 1 aromatic carbocycles. The molecular weight excluding hydrogens is 231 g/mol. The van der Waals surface area contributed by atoms with Crippen molar-refractivity contribution in [3.05, 3.63) is 41.5 Å². The summed E-state index contributed by atoms with van der Waals surface area (Å²) in [5.41, 5.74) is 0.978. The Morgan fingerprint density at radius 3 is 2.00 bits per heavy atom. The van der Waals surface area contributed by atoms with Gasteiger partial charge in [-0.2, -0.15) is 10.5 Å². The molecular formula is C11H6Cl2N2. The molecule has 0 fully saturated rings. The van der Waals surface area contributed by atoms with Crippen LogP contribution in [0, 0.1) is 22.7 Å². The summed E-state index contributed by atoms with van der Waals surface area (Å²) in [5.74, 6) is 0. The van der Waals surface area contributed by atoms with Gasteiger partial charge in [0.05, 0.1) is 0 Å². The Morgan fingerprint density at radius 2 is 1.60 bits per heavy atom. The van der Waals surface area contributed by atoms with Crippen molar-refractivity contribution in [2.75, 3.05) is 0 Å². The molecule has 0 bridgehead atoms. The lowest BCUT2D eigenvalue weighted by atomic mass is 10.0. The zero-order chi connectivity index (χ0) is 11.3. The molecule has 0 unspecified atom stereocenters. The third kappa shape index (κ3) is 2.73. The van der Waals surface area contributed by atoms with Crippen molar-refractivity contribution in [2.45, 2.75) is 4.84 Å². The Bertz CT molecular complexity index is 434. The highest BCUT2D eigenvalue weighted by Gasteiger charge is 2.15. The minimum atomic E-state index is -0.887. The van der Waals surface area contributed by atoms with Crippen LogP contribution in [-0.4, -0.2) is 4.84 Å². The maximum atomic E-state index is 8.76. The molecule has 0 spiro atoms. The molecule has 0 aliphatic rings. The van der Waals surface area contributed by atoms with E-state index in [-0.39, 0.29) is 5.57 Å². The first kappa shape index (κ1) is 11.6. The zero-order valence-corrected chi connectivity index (χ0v) is 9.13. The van der Waals surface area contributed by atoms with Crippen LogP contribution >= 0.6 is 23.2 Å². The van der Waals surface area contributed by atoms with Gasteiger partial charge in [-0.05, 0) is 5.56 Å². The average molecular weight is 237 g/mol. The Morgan fingerprint density at radius 1 is 1.07 bits per heavy atom. The smallest absolute Gasteiger partial charge is 0.136 e. The number of nitriles is 2. The van der Waals surface area contributed by atoms with Crippen LogP contribution < -0.4 is 0 Å². The summed E-state index contributed by atoms with van der Waals surface area (Å²) < 4.78 is 0. The van der Waals surface area contributed by atoms with Crippen LogP contribution in [0.4, 0.5) is 0 Å². The Balaban J connectivity index is 3.36. The minimum Gasteiger partial charge on any atom is -0.192 e. The maximum absolute atomic E-state index is 8.76. The van der Waals surface area contributed by atoms with E-state index >= 15 is 0 Å². The molecule has 15 heavy (non-hydrogen) atoms. The monoisotopic (exact) mass is 236 g/mol. The van der Waals surface area contributed by atoms with Crippen molar-refractivity contribution in [3.8, 4) is 12.1 Å². The molecule has 2 nitrogen and oxygen atoms in total. The predicted octanol–water partition coefficient (Wildman–Crippen LogP) is 3.29. The molecule has 0 aromatic heterocycles. The third-order valence-electron chi connectivity index (χ3n) is 1.80. The van der Waals surface area contributed by atoms with Crippen LogP contribution in [-0.2, 0) is 0 Å². The lowest BCUT2D eigenvalue weighted by Gasteiger charge is -2.07. The Kier molecular flexibility index (Phi) is 4.18. The normalized spacial score (nSPS) is 9.13. The minimum absolute atomic E-state index is 0.0591. The molecule has 1 aromatic rings. The first-order valence-electron chi connectivity index (χ1n) is 4.08. The van der Waals surface area contributed by atoms with E-state index in [9.17, 15) is 0 Å². The van der Waals surface area contributed by atoms with Gasteiger partial charge in [-0.3, -0.25) is 0 Å². The largest absolute Gasteiger partial charge is 0.192 e. The highest BCUT2D eigenvalue weighted by atomic mass is 35.5.